The molecule has 88 valence electrons. The molecule has 0 spiro atoms. The number of pyridine rings is 1. The van der Waals surface area contributed by atoms with E-state index in [1.54, 1.807) is 25.3 Å². The van der Waals surface area contributed by atoms with Crippen molar-refractivity contribution < 1.29 is 9.13 Å². The first kappa shape index (κ1) is 11.4. The summed E-state index contributed by atoms with van der Waals surface area (Å²) in [6.07, 6.45) is 1.64. The zero-order valence-electron chi connectivity index (χ0n) is 9.70. The van der Waals surface area contributed by atoms with Gasteiger partial charge in [0, 0.05) is 18.0 Å². The van der Waals surface area contributed by atoms with Gasteiger partial charge in [-0.15, -0.1) is 0 Å². The smallest absolute Gasteiger partial charge is 0.221 e. The molecule has 0 bridgehead atoms. The number of hydrogen-bond donors (Lipinski definition) is 1. The number of nitrogen functional groups attached to an aromatic ring is 1. The zero-order chi connectivity index (χ0) is 12.4. The molecule has 1 aromatic carbocycles. The Morgan fingerprint density at radius 2 is 1.94 bits per heavy atom. The van der Waals surface area contributed by atoms with E-state index < -0.39 is 0 Å². The van der Waals surface area contributed by atoms with E-state index in [9.17, 15) is 4.39 Å². The number of benzene rings is 1. The molecule has 2 aromatic rings. The normalized spacial score (nSPS) is 10.3. The molecule has 0 aliphatic rings. The number of hydrogen-bond acceptors (Lipinski definition) is 3. The van der Waals surface area contributed by atoms with Crippen LogP contribution in [0.3, 0.4) is 0 Å². The summed E-state index contributed by atoms with van der Waals surface area (Å²) in [6.45, 7) is 3.64. The number of aryl methyl sites for hydroxylation is 2. The van der Waals surface area contributed by atoms with E-state index in [2.05, 4.69) is 4.98 Å². The van der Waals surface area contributed by atoms with Crippen LogP contribution >= 0.6 is 0 Å². The summed E-state index contributed by atoms with van der Waals surface area (Å²) < 4.78 is 18.5. The van der Waals surface area contributed by atoms with Gasteiger partial charge in [-0.25, -0.2) is 9.37 Å². The third kappa shape index (κ3) is 2.53. The summed E-state index contributed by atoms with van der Waals surface area (Å²) in [5.74, 6) is 0.691. The van der Waals surface area contributed by atoms with Gasteiger partial charge in [-0.3, -0.25) is 0 Å². The van der Waals surface area contributed by atoms with Gasteiger partial charge in [0.1, 0.15) is 11.6 Å². The largest absolute Gasteiger partial charge is 0.439 e. The lowest BCUT2D eigenvalue weighted by molar-refractivity contribution is 0.457. The van der Waals surface area contributed by atoms with E-state index in [1.807, 2.05) is 6.92 Å². The van der Waals surface area contributed by atoms with Crippen molar-refractivity contribution in [2.75, 3.05) is 5.73 Å². The topological polar surface area (TPSA) is 48.1 Å². The molecule has 1 heterocycles. The SMILES string of the molecule is Cc1cnc(Oc2ccc(F)cc2C)cc1N. The van der Waals surface area contributed by atoms with E-state index in [1.165, 1.54) is 12.1 Å². The highest BCUT2D eigenvalue weighted by molar-refractivity contribution is 5.48. The van der Waals surface area contributed by atoms with Crippen LogP contribution in [0.15, 0.2) is 30.5 Å². The van der Waals surface area contributed by atoms with Crippen LogP contribution in [0, 0.1) is 19.7 Å². The van der Waals surface area contributed by atoms with E-state index in [4.69, 9.17) is 10.5 Å². The van der Waals surface area contributed by atoms with Crippen LogP contribution in [0.25, 0.3) is 0 Å². The molecule has 0 atom stereocenters. The highest BCUT2D eigenvalue weighted by Gasteiger charge is 2.05. The van der Waals surface area contributed by atoms with Gasteiger partial charge in [0.15, 0.2) is 0 Å². The van der Waals surface area contributed by atoms with Crippen molar-refractivity contribution in [2.45, 2.75) is 13.8 Å². The second kappa shape index (κ2) is 4.41. The first-order chi connectivity index (χ1) is 8.06. The van der Waals surface area contributed by atoms with E-state index in [0.29, 0.717) is 22.9 Å². The molecule has 0 fully saturated rings. The van der Waals surface area contributed by atoms with E-state index >= 15 is 0 Å². The highest BCUT2D eigenvalue weighted by atomic mass is 19.1. The number of halogens is 1. The summed E-state index contributed by atoms with van der Waals surface area (Å²) in [4.78, 5) is 4.10. The zero-order valence-corrected chi connectivity index (χ0v) is 9.70. The maximum atomic E-state index is 12.9. The van der Waals surface area contributed by atoms with Gasteiger partial charge in [-0.05, 0) is 43.2 Å². The van der Waals surface area contributed by atoms with Gasteiger partial charge in [0.25, 0.3) is 0 Å². The summed E-state index contributed by atoms with van der Waals surface area (Å²) in [6, 6.07) is 5.98. The number of ether oxygens (including phenoxy) is 1. The maximum Gasteiger partial charge on any atom is 0.221 e. The third-order valence-corrected chi connectivity index (χ3v) is 2.47. The quantitative estimate of drug-likeness (QED) is 0.864. The number of aromatic nitrogens is 1. The van der Waals surface area contributed by atoms with Crippen molar-refractivity contribution in [3.05, 3.63) is 47.4 Å². The third-order valence-electron chi connectivity index (χ3n) is 2.47. The van der Waals surface area contributed by atoms with Crippen LogP contribution < -0.4 is 10.5 Å². The molecule has 0 unspecified atom stereocenters. The monoisotopic (exact) mass is 232 g/mol. The Balaban J connectivity index is 2.28. The number of nitrogens with two attached hydrogens (primary N) is 1. The minimum Gasteiger partial charge on any atom is -0.439 e. The lowest BCUT2D eigenvalue weighted by Crippen LogP contribution is -1.95. The number of rotatable bonds is 2. The molecule has 2 N–H and O–H groups in total. The Morgan fingerprint density at radius 3 is 2.59 bits per heavy atom. The van der Waals surface area contributed by atoms with Crippen LogP contribution in [0.1, 0.15) is 11.1 Å². The van der Waals surface area contributed by atoms with Gasteiger partial charge in [-0.1, -0.05) is 0 Å². The van der Waals surface area contributed by atoms with Crippen molar-refractivity contribution >= 4 is 5.69 Å². The molecular formula is C13H13FN2O. The van der Waals surface area contributed by atoms with Crippen molar-refractivity contribution in [2.24, 2.45) is 0 Å². The first-order valence-corrected chi connectivity index (χ1v) is 5.22. The van der Waals surface area contributed by atoms with Crippen molar-refractivity contribution in [1.29, 1.82) is 0 Å². The maximum absolute atomic E-state index is 12.9. The Morgan fingerprint density at radius 1 is 1.18 bits per heavy atom. The predicted molar refractivity (Wildman–Crippen MR) is 64.6 cm³/mol. The van der Waals surface area contributed by atoms with Crippen LogP contribution in [0.2, 0.25) is 0 Å². The second-order valence-electron chi connectivity index (χ2n) is 3.89. The lowest BCUT2D eigenvalue weighted by atomic mass is 10.2. The van der Waals surface area contributed by atoms with Crippen LogP contribution in [0.5, 0.6) is 11.6 Å². The van der Waals surface area contributed by atoms with Crippen molar-refractivity contribution in [1.82, 2.24) is 4.98 Å². The molecule has 0 aliphatic heterocycles. The first-order valence-electron chi connectivity index (χ1n) is 5.22. The molecule has 0 amide bonds. The summed E-state index contributed by atoms with van der Waals surface area (Å²) in [5, 5.41) is 0. The molecule has 1 aromatic heterocycles. The molecule has 4 heteroatoms. The molecule has 0 saturated heterocycles. The Hall–Kier alpha value is -2.10. The molecule has 2 rings (SSSR count). The molecule has 3 nitrogen and oxygen atoms in total. The summed E-state index contributed by atoms with van der Waals surface area (Å²) >= 11 is 0. The Kier molecular flexibility index (Phi) is 2.95. The molecule has 17 heavy (non-hydrogen) atoms. The van der Waals surface area contributed by atoms with Gasteiger partial charge < -0.3 is 10.5 Å². The van der Waals surface area contributed by atoms with Gasteiger partial charge >= 0.3 is 0 Å². The van der Waals surface area contributed by atoms with Gasteiger partial charge in [0.2, 0.25) is 5.88 Å². The lowest BCUT2D eigenvalue weighted by Gasteiger charge is -2.08. The van der Waals surface area contributed by atoms with Crippen LogP contribution in [0.4, 0.5) is 10.1 Å². The van der Waals surface area contributed by atoms with E-state index in [-0.39, 0.29) is 5.82 Å². The fraction of sp³-hybridized carbons (Fsp3) is 0.154. The fourth-order valence-electron chi connectivity index (χ4n) is 1.41. The standard InChI is InChI=1S/C13H13FN2O/c1-8-5-10(14)3-4-12(8)17-13-6-11(15)9(2)7-16-13/h3-7H,1-2H3,(H2,15,16). The average Bonchev–Trinajstić information content (AvgIpc) is 2.27. The molecule has 0 radical (unpaired) electrons. The summed E-state index contributed by atoms with van der Waals surface area (Å²) in [7, 11) is 0. The van der Waals surface area contributed by atoms with Crippen LogP contribution in [-0.4, -0.2) is 4.98 Å². The summed E-state index contributed by atoms with van der Waals surface area (Å²) in [5.41, 5.74) is 7.99. The minimum atomic E-state index is -0.286. The fourth-order valence-corrected chi connectivity index (χ4v) is 1.41. The highest BCUT2D eigenvalue weighted by Crippen LogP contribution is 2.25. The molecule has 0 aliphatic carbocycles. The Labute approximate surface area is 99.1 Å². The van der Waals surface area contributed by atoms with E-state index in [0.717, 1.165) is 5.56 Å². The van der Waals surface area contributed by atoms with Crippen molar-refractivity contribution in [3.8, 4) is 11.6 Å². The second-order valence-corrected chi connectivity index (χ2v) is 3.89. The average molecular weight is 232 g/mol. The number of anilines is 1. The minimum absolute atomic E-state index is 0.286. The molecular weight excluding hydrogens is 219 g/mol. The van der Waals surface area contributed by atoms with Crippen molar-refractivity contribution in [3.63, 3.8) is 0 Å². The van der Waals surface area contributed by atoms with Gasteiger partial charge in [-0.2, -0.15) is 0 Å². The predicted octanol–water partition coefficient (Wildman–Crippen LogP) is 3.21. The molecule has 0 saturated carbocycles. The van der Waals surface area contributed by atoms with Crippen LogP contribution in [-0.2, 0) is 0 Å². The Bertz CT molecular complexity index is 555. The number of nitrogens with zero attached hydrogens (tertiary/aromatic N) is 1. The van der Waals surface area contributed by atoms with Gasteiger partial charge in [0.05, 0.1) is 0 Å².